The van der Waals surface area contributed by atoms with Gasteiger partial charge in [0, 0.05) is 20.2 Å². The number of ether oxygens (including phenoxy) is 2. The molecule has 0 fully saturated rings. The van der Waals surface area contributed by atoms with Gasteiger partial charge in [0.15, 0.2) is 5.96 Å². The third kappa shape index (κ3) is 7.73. The first kappa shape index (κ1) is 19.1. The molecule has 0 aliphatic carbocycles. The first-order valence-electron chi connectivity index (χ1n) is 7.29. The van der Waals surface area contributed by atoms with Crippen molar-refractivity contribution in [3.05, 3.63) is 29.8 Å². The Kier molecular flexibility index (Phi) is 8.25. The summed E-state index contributed by atoms with van der Waals surface area (Å²) >= 11 is 0. The molecular weight excluding hydrogens is 311 g/mol. The van der Waals surface area contributed by atoms with E-state index < -0.39 is 11.7 Å². The van der Waals surface area contributed by atoms with Crippen molar-refractivity contribution in [3.63, 3.8) is 0 Å². The average Bonchev–Trinajstić information content (AvgIpc) is 2.53. The van der Waals surface area contributed by atoms with Crippen LogP contribution in [0.3, 0.4) is 0 Å². The van der Waals surface area contributed by atoms with Crippen LogP contribution in [0.5, 0.6) is 5.75 Å². The fraction of sp³-hybridized carbons (Fsp3) is 0.533. The first-order chi connectivity index (χ1) is 11.0. The molecule has 8 heteroatoms. The fourth-order valence-electron chi connectivity index (χ4n) is 1.71. The standard InChI is InChI=1S/C15H22F3N3O2/c1-3-22-9-7-20-14(19-2)21-8-10-23-13-6-4-5-12(11-13)15(16,17)18/h4-6,11H,3,7-10H2,1-2H3,(H2,19,20,21). The second kappa shape index (κ2) is 9.94. The highest BCUT2D eigenvalue weighted by Crippen LogP contribution is 2.31. The SMILES string of the molecule is CCOCCNC(=NC)NCCOc1cccc(C(F)(F)F)c1. The minimum absolute atomic E-state index is 0.181. The molecule has 1 aromatic carbocycles. The Morgan fingerprint density at radius 1 is 1.17 bits per heavy atom. The summed E-state index contributed by atoms with van der Waals surface area (Å²) in [5.74, 6) is 0.762. The maximum absolute atomic E-state index is 12.6. The van der Waals surface area contributed by atoms with E-state index in [0.29, 0.717) is 32.3 Å². The van der Waals surface area contributed by atoms with Crippen LogP contribution < -0.4 is 15.4 Å². The number of benzene rings is 1. The summed E-state index contributed by atoms with van der Waals surface area (Å²) in [6, 6.07) is 4.80. The van der Waals surface area contributed by atoms with Gasteiger partial charge in [-0.05, 0) is 25.1 Å². The number of nitrogens with one attached hydrogen (secondary N) is 2. The van der Waals surface area contributed by atoms with Crippen molar-refractivity contribution in [2.45, 2.75) is 13.1 Å². The van der Waals surface area contributed by atoms with Gasteiger partial charge in [0.1, 0.15) is 12.4 Å². The zero-order valence-corrected chi connectivity index (χ0v) is 13.2. The monoisotopic (exact) mass is 333 g/mol. The molecule has 5 nitrogen and oxygen atoms in total. The summed E-state index contributed by atoms with van der Waals surface area (Å²) in [6.07, 6.45) is -4.37. The molecule has 2 N–H and O–H groups in total. The number of halogens is 3. The molecule has 0 saturated heterocycles. The maximum Gasteiger partial charge on any atom is 0.416 e. The molecule has 0 bridgehead atoms. The zero-order valence-electron chi connectivity index (χ0n) is 13.2. The van der Waals surface area contributed by atoms with Gasteiger partial charge >= 0.3 is 6.18 Å². The largest absolute Gasteiger partial charge is 0.492 e. The van der Waals surface area contributed by atoms with Crippen molar-refractivity contribution >= 4 is 5.96 Å². The van der Waals surface area contributed by atoms with Crippen molar-refractivity contribution in [3.8, 4) is 5.75 Å². The van der Waals surface area contributed by atoms with Crippen molar-refractivity contribution in [2.24, 2.45) is 4.99 Å². The molecule has 0 aliphatic heterocycles. The van der Waals surface area contributed by atoms with Crippen molar-refractivity contribution in [2.75, 3.05) is 40.0 Å². The molecule has 0 spiro atoms. The number of hydrogen-bond acceptors (Lipinski definition) is 3. The highest BCUT2D eigenvalue weighted by molar-refractivity contribution is 5.79. The second-order valence-electron chi connectivity index (χ2n) is 4.50. The van der Waals surface area contributed by atoms with E-state index in [0.717, 1.165) is 12.1 Å². The van der Waals surface area contributed by atoms with Gasteiger partial charge in [0.2, 0.25) is 0 Å². The van der Waals surface area contributed by atoms with E-state index in [1.165, 1.54) is 12.1 Å². The molecule has 1 aromatic rings. The van der Waals surface area contributed by atoms with E-state index in [2.05, 4.69) is 15.6 Å². The van der Waals surface area contributed by atoms with E-state index in [1.807, 2.05) is 6.92 Å². The van der Waals surface area contributed by atoms with Crippen molar-refractivity contribution in [1.29, 1.82) is 0 Å². The highest BCUT2D eigenvalue weighted by atomic mass is 19.4. The van der Waals surface area contributed by atoms with Gasteiger partial charge in [0.25, 0.3) is 0 Å². The van der Waals surface area contributed by atoms with Gasteiger partial charge < -0.3 is 20.1 Å². The Balaban J connectivity index is 2.31. The van der Waals surface area contributed by atoms with Gasteiger partial charge in [0.05, 0.1) is 18.7 Å². The van der Waals surface area contributed by atoms with Crippen LogP contribution in [-0.2, 0) is 10.9 Å². The van der Waals surface area contributed by atoms with E-state index in [4.69, 9.17) is 9.47 Å². The Hall–Kier alpha value is -1.96. The van der Waals surface area contributed by atoms with Crippen LogP contribution >= 0.6 is 0 Å². The topological polar surface area (TPSA) is 54.9 Å². The molecule has 23 heavy (non-hydrogen) atoms. The molecule has 0 aliphatic rings. The number of alkyl halides is 3. The lowest BCUT2D eigenvalue weighted by atomic mass is 10.2. The normalized spacial score (nSPS) is 12.1. The zero-order chi connectivity index (χ0) is 17.1. The summed E-state index contributed by atoms with van der Waals surface area (Å²) in [5.41, 5.74) is -0.726. The lowest BCUT2D eigenvalue weighted by Gasteiger charge is -2.13. The van der Waals surface area contributed by atoms with Gasteiger partial charge in [-0.25, -0.2) is 0 Å². The fourth-order valence-corrected chi connectivity index (χ4v) is 1.71. The molecule has 0 heterocycles. The smallest absolute Gasteiger partial charge is 0.416 e. The van der Waals surface area contributed by atoms with Crippen molar-refractivity contribution < 1.29 is 22.6 Å². The second-order valence-corrected chi connectivity index (χ2v) is 4.50. The quantitative estimate of drug-likeness (QED) is 0.435. The van der Waals surface area contributed by atoms with Crippen molar-refractivity contribution in [1.82, 2.24) is 10.6 Å². The predicted molar refractivity (Wildman–Crippen MR) is 82.8 cm³/mol. The third-order valence-electron chi connectivity index (χ3n) is 2.79. The number of aliphatic imine (C=N–C) groups is 1. The number of rotatable bonds is 8. The minimum Gasteiger partial charge on any atom is -0.492 e. The van der Waals surface area contributed by atoms with Crippen LogP contribution in [0.15, 0.2) is 29.3 Å². The van der Waals surface area contributed by atoms with Gasteiger partial charge in [-0.2, -0.15) is 13.2 Å². The van der Waals surface area contributed by atoms with Crippen LogP contribution in [0.4, 0.5) is 13.2 Å². The average molecular weight is 333 g/mol. The lowest BCUT2D eigenvalue weighted by Crippen LogP contribution is -2.40. The highest BCUT2D eigenvalue weighted by Gasteiger charge is 2.30. The number of hydrogen-bond donors (Lipinski definition) is 2. The van der Waals surface area contributed by atoms with Crippen LogP contribution in [0.2, 0.25) is 0 Å². The summed E-state index contributed by atoms with van der Waals surface area (Å²) in [5, 5.41) is 6.04. The first-order valence-corrected chi connectivity index (χ1v) is 7.29. The number of guanidine groups is 1. The molecule has 0 amide bonds. The molecule has 0 saturated carbocycles. The van der Waals surface area contributed by atoms with Gasteiger partial charge in [-0.1, -0.05) is 6.07 Å². The number of nitrogens with zero attached hydrogens (tertiary/aromatic N) is 1. The van der Waals surface area contributed by atoms with E-state index in [9.17, 15) is 13.2 Å². The Morgan fingerprint density at radius 2 is 1.87 bits per heavy atom. The van der Waals surface area contributed by atoms with E-state index in [-0.39, 0.29) is 12.4 Å². The van der Waals surface area contributed by atoms with Crippen LogP contribution in [0, 0.1) is 0 Å². The summed E-state index contributed by atoms with van der Waals surface area (Å²) in [4.78, 5) is 4.01. The molecule has 0 atom stereocenters. The molecule has 1 rings (SSSR count). The van der Waals surface area contributed by atoms with Crippen LogP contribution in [-0.4, -0.2) is 45.9 Å². The lowest BCUT2D eigenvalue weighted by molar-refractivity contribution is -0.137. The Labute approximate surface area is 133 Å². The third-order valence-corrected chi connectivity index (χ3v) is 2.79. The maximum atomic E-state index is 12.6. The summed E-state index contributed by atoms with van der Waals surface area (Å²) in [6.45, 7) is 4.37. The van der Waals surface area contributed by atoms with Gasteiger partial charge in [-0.3, -0.25) is 4.99 Å². The Morgan fingerprint density at radius 3 is 2.48 bits per heavy atom. The van der Waals surface area contributed by atoms with Crippen LogP contribution in [0.1, 0.15) is 12.5 Å². The minimum atomic E-state index is -4.37. The van der Waals surface area contributed by atoms with Gasteiger partial charge in [-0.15, -0.1) is 0 Å². The van der Waals surface area contributed by atoms with E-state index in [1.54, 1.807) is 7.05 Å². The molecular formula is C15H22F3N3O2. The summed E-state index contributed by atoms with van der Waals surface area (Å²) in [7, 11) is 1.63. The molecule has 0 radical (unpaired) electrons. The van der Waals surface area contributed by atoms with Crippen LogP contribution in [0.25, 0.3) is 0 Å². The Bertz CT molecular complexity index is 493. The molecule has 130 valence electrons. The summed E-state index contributed by atoms with van der Waals surface area (Å²) < 4.78 is 48.2. The predicted octanol–water partition coefficient (Wildman–Crippen LogP) is 2.29. The molecule has 0 unspecified atom stereocenters. The van der Waals surface area contributed by atoms with E-state index >= 15 is 0 Å². The molecule has 0 aromatic heterocycles.